The van der Waals surface area contributed by atoms with Crippen LogP contribution in [0.5, 0.6) is 0 Å². The zero-order valence-electron chi connectivity index (χ0n) is 9.43. The first-order valence-corrected chi connectivity index (χ1v) is 6.20. The van der Waals surface area contributed by atoms with Crippen molar-refractivity contribution in [1.29, 1.82) is 5.26 Å². The maximum Gasteiger partial charge on any atom is 0.124 e. The fourth-order valence-corrected chi connectivity index (χ4v) is 2.28. The first-order valence-electron chi connectivity index (χ1n) is 5.22. The number of pyridine rings is 1. The van der Waals surface area contributed by atoms with Crippen LogP contribution in [0.25, 0.3) is 0 Å². The Bertz CT molecular complexity index is 590. The number of anilines is 1. The lowest BCUT2D eigenvalue weighted by atomic mass is 10.1. The topological polar surface area (TPSA) is 62.7 Å². The van der Waals surface area contributed by atoms with Gasteiger partial charge in [0.25, 0.3) is 0 Å². The molecule has 90 valence electrons. The van der Waals surface area contributed by atoms with Crippen molar-refractivity contribution < 1.29 is 4.39 Å². The lowest BCUT2D eigenvalue weighted by molar-refractivity contribution is 0.627. The van der Waals surface area contributed by atoms with E-state index in [0.29, 0.717) is 17.1 Å². The van der Waals surface area contributed by atoms with Crippen LogP contribution in [0.15, 0.2) is 41.4 Å². The zero-order valence-corrected chi connectivity index (χ0v) is 10.2. The van der Waals surface area contributed by atoms with Crippen molar-refractivity contribution in [2.75, 3.05) is 5.73 Å². The molecule has 3 nitrogen and oxygen atoms in total. The molecule has 5 heteroatoms. The third kappa shape index (κ3) is 2.99. The maximum atomic E-state index is 13.0. The van der Waals surface area contributed by atoms with Crippen molar-refractivity contribution in [3.8, 4) is 6.07 Å². The molecule has 1 aromatic heterocycles. The van der Waals surface area contributed by atoms with Gasteiger partial charge in [-0.25, -0.2) is 9.37 Å². The van der Waals surface area contributed by atoms with E-state index in [1.54, 1.807) is 18.3 Å². The summed E-state index contributed by atoms with van der Waals surface area (Å²) in [5, 5.41) is 8.92. The van der Waals surface area contributed by atoms with Crippen LogP contribution in [0.3, 0.4) is 0 Å². The number of nitrogen functional groups attached to an aromatic ring is 1. The average Bonchev–Trinajstić information content (AvgIpc) is 2.39. The molecule has 0 saturated carbocycles. The highest BCUT2D eigenvalue weighted by Crippen LogP contribution is 2.24. The van der Waals surface area contributed by atoms with E-state index in [2.05, 4.69) is 4.98 Å². The molecule has 0 aliphatic heterocycles. The number of benzene rings is 1. The summed E-state index contributed by atoms with van der Waals surface area (Å²) in [6, 6.07) is 9.81. The molecular weight excluding hydrogens is 249 g/mol. The molecule has 0 aliphatic carbocycles. The van der Waals surface area contributed by atoms with Gasteiger partial charge >= 0.3 is 0 Å². The number of aromatic nitrogens is 1. The molecule has 1 heterocycles. The van der Waals surface area contributed by atoms with Crippen molar-refractivity contribution in [3.05, 3.63) is 53.5 Å². The fraction of sp³-hybridized carbons (Fsp3) is 0.0769. The molecule has 0 amide bonds. The number of hydrogen-bond acceptors (Lipinski definition) is 4. The molecule has 0 fully saturated rings. The number of halogens is 1. The highest BCUT2D eigenvalue weighted by atomic mass is 32.2. The van der Waals surface area contributed by atoms with Gasteiger partial charge in [0.05, 0.1) is 11.6 Å². The molecule has 0 aliphatic rings. The van der Waals surface area contributed by atoms with E-state index >= 15 is 0 Å². The third-order valence-electron chi connectivity index (χ3n) is 2.35. The van der Waals surface area contributed by atoms with E-state index in [4.69, 9.17) is 11.0 Å². The number of thioether (sulfide) groups is 1. The molecule has 1 aromatic carbocycles. The molecule has 2 N–H and O–H groups in total. The van der Waals surface area contributed by atoms with E-state index in [1.807, 2.05) is 12.1 Å². The Morgan fingerprint density at radius 3 is 2.83 bits per heavy atom. The highest BCUT2D eigenvalue weighted by molar-refractivity contribution is 7.98. The van der Waals surface area contributed by atoms with Crippen molar-refractivity contribution in [2.45, 2.75) is 10.6 Å². The Balaban J connectivity index is 2.11. The maximum absolute atomic E-state index is 13.0. The predicted molar refractivity (Wildman–Crippen MR) is 69.3 cm³/mol. The van der Waals surface area contributed by atoms with Gasteiger partial charge in [-0.3, -0.25) is 0 Å². The van der Waals surface area contributed by atoms with Gasteiger partial charge in [0.15, 0.2) is 0 Å². The van der Waals surface area contributed by atoms with Crippen LogP contribution in [0.2, 0.25) is 0 Å². The first kappa shape index (κ1) is 12.4. The standard InChI is InChI=1S/C13H10FN3S/c14-11-2-1-9(10(5-11)6-15)8-18-12-3-4-13(16)17-7-12/h1-5,7H,8H2,(H2,16,17). The van der Waals surface area contributed by atoms with Crippen LogP contribution in [0.1, 0.15) is 11.1 Å². The van der Waals surface area contributed by atoms with E-state index < -0.39 is 5.82 Å². The minimum Gasteiger partial charge on any atom is -0.384 e. The second-order valence-corrected chi connectivity index (χ2v) is 4.67. The minimum absolute atomic E-state index is 0.367. The molecule has 0 saturated heterocycles. The molecule has 2 rings (SSSR count). The van der Waals surface area contributed by atoms with Gasteiger partial charge < -0.3 is 5.73 Å². The van der Waals surface area contributed by atoms with Gasteiger partial charge in [-0.05, 0) is 29.8 Å². The fourth-order valence-electron chi connectivity index (χ4n) is 1.42. The zero-order chi connectivity index (χ0) is 13.0. The van der Waals surface area contributed by atoms with Gasteiger partial charge in [-0.2, -0.15) is 5.26 Å². The highest BCUT2D eigenvalue weighted by Gasteiger charge is 2.04. The number of nitrogens with two attached hydrogens (primary N) is 1. The monoisotopic (exact) mass is 259 g/mol. The Labute approximate surface area is 108 Å². The van der Waals surface area contributed by atoms with Crippen LogP contribution in [-0.2, 0) is 5.75 Å². The van der Waals surface area contributed by atoms with Gasteiger partial charge in [-0.1, -0.05) is 6.07 Å². The molecule has 0 atom stereocenters. The van der Waals surface area contributed by atoms with Crippen molar-refractivity contribution in [1.82, 2.24) is 4.98 Å². The molecule has 0 spiro atoms. The summed E-state index contributed by atoms with van der Waals surface area (Å²) < 4.78 is 13.0. The lowest BCUT2D eigenvalue weighted by Crippen LogP contribution is -1.91. The normalized spacial score (nSPS) is 10.0. The van der Waals surface area contributed by atoms with Crippen molar-refractivity contribution >= 4 is 17.6 Å². The third-order valence-corrected chi connectivity index (χ3v) is 3.38. The number of nitrogens with zero attached hydrogens (tertiary/aromatic N) is 2. The van der Waals surface area contributed by atoms with Crippen LogP contribution in [-0.4, -0.2) is 4.98 Å². The molecule has 0 bridgehead atoms. The largest absolute Gasteiger partial charge is 0.384 e. The molecule has 0 radical (unpaired) electrons. The minimum atomic E-state index is -0.394. The molecule has 0 unspecified atom stereocenters. The molecule has 18 heavy (non-hydrogen) atoms. The summed E-state index contributed by atoms with van der Waals surface area (Å²) in [5.41, 5.74) is 6.66. The van der Waals surface area contributed by atoms with Crippen molar-refractivity contribution in [3.63, 3.8) is 0 Å². The Morgan fingerprint density at radius 1 is 1.33 bits per heavy atom. The van der Waals surface area contributed by atoms with Gasteiger partial charge in [-0.15, -0.1) is 11.8 Å². The van der Waals surface area contributed by atoms with E-state index in [1.165, 1.54) is 23.9 Å². The van der Waals surface area contributed by atoms with Crippen LogP contribution >= 0.6 is 11.8 Å². The van der Waals surface area contributed by atoms with Gasteiger partial charge in [0.1, 0.15) is 11.6 Å². The summed E-state index contributed by atoms with van der Waals surface area (Å²) in [5.74, 6) is 0.669. The Hall–Kier alpha value is -2.06. The van der Waals surface area contributed by atoms with E-state index in [-0.39, 0.29) is 0 Å². The smallest absolute Gasteiger partial charge is 0.124 e. The summed E-state index contributed by atoms with van der Waals surface area (Å²) in [7, 11) is 0. The average molecular weight is 259 g/mol. The number of rotatable bonds is 3. The quantitative estimate of drug-likeness (QED) is 0.861. The summed E-state index contributed by atoms with van der Waals surface area (Å²) >= 11 is 1.53. The summed E-state index contributed by atoms with van der Waals surface area (Å²) in [4.78, 5) is 4.94. The molecular formula is C13H10FN3S. The number of hydrogen-bond donors (Lipinski definition) is 1. The predicted octanol–water partition coefficient (Wildman–Crippen LogP) is 2.97. The Morgan fingerprint density at radius 2 is 2.17 bits per heavy atom. The summed E-state index contributed by atoms with van der Waals surface area (Å²) in [6.45, 7) is 0. The van der Waals surface area contributed by atoms with Crippen LogP contribution in [0, 0.1) is 17.1 Å². The molecule has 2 aromatic rings. The summed E-state index contributed by atoms with van der Waals surface area (Å²) in [6.07, 6.45) is 1.68. The van der Waals surface area contributed by atoms with Gasteiger partial charge in [0, 0.05) is 16.8 Å². The number of nitriles is 1. The van der Waals surface area contributed by atoms with Gasteiger partial charge in [0.2, 0.25) is 0 Å². The Kier molecular flexibility index (Phi) is 3.80. The lowest BCUT2D eigenvalue weighted by Gasteiger charge is -2.04. The second-order valence-electron chi connectivity index (χ2n) is 3.62. The second kappa shape index (κ2) is 5.52. The van der Waals surface area contributed by atoms with Crippen LogP contribution < -0.4 is 5.73 Å². The van der Waals surface area contributed by atoms with E-state index in [9.17, 15) is 4.39 Å². The SMILES string of the molecule is N#Cc1cc(F)ccc1CSc1ccc(N)nc1. The first-order chi connectivity index (χ1) is 8.69. The van der Waals surface area contributed by atoms with E-state index in [0.717, 1.165) is 10.5 Å². The van der Waals surface area contributed by atoms with Crippen LogP contribution in [0.4, 0.5) is 10.2 Å². The van der Waals surface area contributed by atoms with Crippen molar-refractivity contribution in [2.24, 2.45) is 0 Å².